The number of H-pyrrole nitrogens is 1. The Kier molecular flexibility index (Phi) is 2.26. The van der Waals surface area contributed by atoms with E-state index in [4.69, 9.17) is 0 Å². The summed E-state index contributed by atoms with van der Waals surface area (Å²) in [5.74, 6) is 0. The highest BCUT2D eigenvalue weighted by Gasteiger charge is 1.81. The maximum atomic E-state index is 3.86. The molecule has 54 valence electrons. The lowest BCUT2D eigenvalue weighted by Gasteiger charge is -1.79. The number of aromatic nitrogens is 2. The smallest absolute Gasteiger partial charge is 0.0604 e. The van der Waals surface area contributed by atoms with Crippen LogP contribution in [0.3, 0.4) is 0 Å². The summed E-state index contributed by atoms with van der Waals surface area (Å²) in [5.41, 5.74) is 0. The van der Waals surface area contributed by atoms with Crippen molar-refractivity contribution >= 4 is 12.7 Å². The Morgan fingerprint density at radius 2 is 2.60 bits per heavy atom. The predicted molar refractivity (Wildman–Crippen MR) is 42.7 cm³/mol. The van der Waals surface area contributed by atoms with Gasteiger partial charge in [-0.05, 0) is 6.42 Å². The highest BCUT2D eigenvalue weighted by atomic mass is 15.1. The van der Waals surface area contributed by atoms with Crippen LogP contribution in [-0.2, 0) is 0 Å². The van der Waals surface area contributed by atoms with Gasteiger partial charge >= 0.3 is 0 Å². The second kappa shape index (κ2) is 3.20. The first-order valence-corrected chi connectivity index (χ1v) is 3.53. The van der Waals surface area contributed by atoms with Crippen LogP contribution < -0.4 is 10.6 Å². The normalized spacial score (nSPS) is 12.3. The van der Waals surface area contributed by atoms with E-state index in [0.29, 0.717) is 0 Å². The highest BCUT2D eigenvalue weighted by Crippen LogP contribution is 1.83. The Bertz CT molecular complexity index is 284. The van der Waals surface area contributed by atoms with E-state index in [-0.39, 0.29) is 0 Å². The van der Waals surface area contributed by atoms with E-state index in [2.05, 4.69) is 29.8 Å². The van der Waals surface area contributed by atoms with E-state index in [1.165, 1.54) is 6.42 Å². The van der Waals surface area contributed by atoms with Crippen molar-refractivity contribution in [1.82, 2.24) is 10.2 Å². The summed E-state index contributed by atoms with van der Waals surface area (Å²) >= 11 is 0. The molecule has 0 spiro atoms. The summed E-state index contributed by atoms with van der Waals surface area (Å²) in [4.78, 5) is 0. The molecule has 0 atom stereocenters. The Labute approximate surface area is 60.3 Å². The van der Waals surface area contributed by atoms with Crippen LogP contribution in [0.4, 0.5) is 0 Å². The standard InChI is InChI=1S/C8H12N2/c1-3-4-5-8-7(2)6-9-10-8/h5-6,10H,2-4H2,1H3/b8-5+. The van der Waals surface area contributed by atoms with Gasteiger partial charge in [0.1, 0.15) is 0 Å². The largest absolute Gasteiger partial charge is 0.278 e. The lowest BCUT2D eigenvalue weighted by atomic mass is 10.3. The van der Waals surface area contributed by atoms with Crippen molar-refractivity contribution in [3.63, 3.8) is 0 Å². The molecule has 2 heteroatoms. The maximum Gasteiger partial charge on any atom is 0.0604 e. The average molecular weight is 136 g/mol. The molecule has 0 unspecified atom stereocenters. The molecule has 0 aromatic carbocycles. The molecule has 0 amide bonds. The topological polar surface area (TPSA) is 28.7 Å². The Morgan fingerprint density at radius 1 is 1.80 bits per heavy atom. The van der Waals surface area contributed by atoms with Gasteiger partial charge in [-0.3, -0.25) is 5.10 Å². The van der Waals surface area contributed by atoms with Gasteiger partial charge in [-0.1, -0.05) is 26.0 Å². The molecule has 0 aliphatic rings. The first kappa shape index (κ1) is 7.06. The van der Waals surface area contributed by atoms with E-state index < -0.39 is 0 Å². The summed E-state index contributed by atoms with van der Waals surface area (Å²) < 4.78 is 0. The summed E-state index contributed by atoms with van der Waals surface area (Å²) in [6.07, 6.45) is 6.11. The molecular weight excluding hydrogens is 124 g/mol. The van der Waals surface area contributed by atoms with Gasteiger partial charge in [-0.15, -0.1) is 0 Å². The van der Waals surface area contributed by atoms with Crippen molar-refractivity contribution in [1.29, 1.82) is 0 Å². The third-order valence-electron chi connectivity index (χ3n) is 1.39. The van der Waals surface area contributed by atoms with Crippen molar-refractivity contribution in [3.05, 3.63) is 16.8 Å². The first-order chi connectivity index (χ1) is 4.84. The predicted octanol–water partition coefficient (Wildman–Crippen LogP) is 0.401. The van der Waals surface area contributed by atoms with Crippen molar-refractivity contribution in [2.45, 2.75) is 19.8 Å². The third kappa shape index (κ3) is 1.47. The maximum absolute atomic E-state index is 3.86. The van der Waals surface area contributed by atoms with Crippen molar-refractivity contribution in [2.75, 3.05) is 0 Å². The molecule has 0 bridgehead atoms. The molecule has 0 saturated heterocycles. The highest BCUT2D eigenvalue weighted by molar-refractivity contribution is 5.19. The minimum absolute atomic E-state index is 0.980. The van der Waals surface area contributed by atoms with Crippen molar-refractivity contribution < 1.29 is 0 Å². The zero-order valence-corrected chi connectivity index (χ0v) is 6.22. The van der Waals surface area contributed by atoms with Crippen LogP contribution in [0.15, 0.2) is 6.20 Å². The Hall–Kier alpha value is -1.05. The molecule has 1 rings (SSSR count). The number of aromatic amines is 1. The van der Waals surface area contributed by atoms with E-state index >= 15 is 0 Å². The minimum atomic E-state index is 0.980. The number of nitrogens with zero attached hydrogens (tertiary/aromatic N) is 1. The van der Waals surface area contributed by atoms with Crippen LogP contribution in [0.5, 0.6) is 0 Å². The van der Waals surface area contributed by atoms with Gasteiger partial charge in [0, 0.05) is 5.22 Å². The average Bonchev–Trinajstić information content (AvgIpc) is 2.31. The molecule has 1 N–H and O–H groups in total. The van der Waals surface area contributed by atoms with Gasteiger partial charge in [0.15, 0.2) is 0 Å². The van der Waals surface area contributed by atoms with Crippen LogP contribution in [0.2, 0.25) is 0 Å². The van der Waals surface area contributed by atoms with Gasteiger partial charge in [-0.25, -0.2) is 0 Å². The van der Waals surface area contributed by atoms with Gasteiger partial charge in [0.2, 0.25) is 0 Å². The molecule has 1 aromatic rings. The molecule has 0 saturated carbocycles. The second-order valence-corrected chi connectivity index (χ2v) is 2.30. The first-order valence-electron chi connectivity index (χ1n) is 3.53. The van der Waals surface area contributed by atoms with Crippen molar-refractivity contribution in [3.8, 4) is 0 Å². The van der Waals surface area contributed by atoms with E-state index in [0.717, 1.165) is 17.0 Å². The van der Waals surface area contributed by atoms with Crippen molar-refractivity contribution in [2.24, 2.45) is 0 Å². The molecule has 1 aromatic heterocycles. The number of unbranched alkanes of at least 4 members (excludes halogenated alkanes) is 1. The molecule has 0 aliphatic heterocycles. The lowest BCUT2D eigenvalue weighted by molar-refractivity contribution is 0.978. The van der Waals surface area contributed by atoms with Gasteiger partial charge in [0.25, 0.3) is 0 Å². The summed E-state index contributed by atoms with van der Waals surface area (Å²) in [6.45, 7) is 5.96. The fourth-order valence-corrected chi connectivity index (χ4v) is 0.786. The monoisotopic (exact) mass is 136 g/mol. The van der Waals surface area contributed by atoms with Gasteiger partial charge in [-0.2, -0.15) is 5.10 Å². The zero-order valence-electron chi connectivity index (χ0n) is 6.22. The zero-order chi connectivity index (χ0) is 7.40. The number of hydrogen-bond donors (Lipinski definition) is 1. The third-order valence-corrected chi connectivity index (χ3v) is 1.39. The fraction of sp³-hybridized carbons (Fsp3) is 0.375. The molecule has 0 aliphatic carbocycles. The lowest BCUT2D eigenvalue weighted by Crippen LogP contribution is -2.19. The second-order valence-electron chi connectivity index (χ2n) is 2.30. The molecule has 0 fully saturated rings. The Balaban J connectivity index is 2.93. The Morgan fingerprint density at radius 3 is 3.10 bits per heavy atom. The SMILES string of the molecule is C=c1cn[nH]/c1=C/CCC. The number of hydrogen-bond acceptors (Lipinski definition) is 1. The minimum Gasteiger partial charge on any atom is -0.278 e. The van der Waals surface area contributed by atoms with Gasteiger partial charge in [0.05, 0.1) is 11.5 Å². The number of rotatable bonds is 2. The fourth-order valence-electron chi connectivity index (χ4n) is 0.786. The summed E-state index contributed by atoms with van der Waals surface area (Å²) in [5, 5.41) is 8.77. The van der Waals surface area contributed by atoms with Crippen LogP contribution in [0, 0.1) is 0 Å². The quantitative estimate of drug-likeness (QED) is 0.626. The van der Waals surface area contributed by atoms with E-state index in [9.17, 15) is 0 Å². The molecular formula is C8H12N2. The molecule has 2 nitrogen and oxygen atoms in total. The molecule has 10 heavy (non-hydrogen) atoms. The van der Waals surface area contributed by atoms with Crippen LogP contribution >= 0.6 is 0 Å². The van der Waals surface area contributed by atoms with E-state index in [1.807, 2.05) is 0 Å². The van der Waals surface area contributed by atoms with Gasteiger partial charge < -0.3 is 0 Å². The molecule has 1 heterocycles. The molecule has 0 radical (unpaired) electrons. The van der Waals surface area contributed by atoms with Crippen LogP contribution in [-0.4, -0.2) is 10.2 Å². The van der Waals surface area contributed by atoms with Crippen LogP contribution in [0.25, 0.3) is 12.7 Å². The summed E-state index contributed by atoms with van der Waals surface area (Å²) in [7, 11) is 0. The number of nitrogens with one attached hydrogen (secondary N) is 1. The van der Waals surface area contributed by atoms with E-state index in [1.54, 1.807) is 6.20 Å². The van der Waals surface area contributed by atoms with Crippen LogP contribution in [0.1, 0.15) is 19.8 Å². The summed E-state index contributed by atoms with van der Waals surface area (Å²) in [6, 6.07) is 0.